The number of ether oxygens (including phenoxy) is 1. The van der Waals surface area contributed by atoms with Crippen molar-refractivity contribution in [1.82, 2.24) is 0 Å². The van der Waals surface area contributed by atoms with E-state index in [9.17, 15) is 4.79 Å². The smallest absolute Gasteiger partial charge is 0.328 e. The van der Waals surface area contributed by atoms with Gasteiger partial charge in [-0.05, 0) is 42.7 Å². The van der Waals surface area contributed by atoms with Crippen LogP contribution >= 0.6 is 23.4 Å². The van der Waals surface area contributed by atoms with Crippen LogP contribution in [0.5, 0.6) is 11.5 Å². The van der Waals surface area contributed by atoms with Gasteiger partial charge in [0.05, 0.1) is 5.02 Å². The van der Waals surface area contributed by atoms with E-state index >= 15 is 0 Å². The Balaban J connectivity index is 2.31. The molecule has 0 aromatic heterocycles. The Labute approximate surface area is 132 Å². The molecular weight excluding hydrogens is 308 g/mol. The number of carboxylic acid groups (broad SMARTS) is 1. The van der Waals surface area contributed by atoms with Gasteiger partial charge < -0.3 is 9.84 Å². The molecule has 0 unspecified atom stereocenters. The Morgan fingerprint density at radius 3 is 2.57 bits per heavy atom. The molecule has 0 aliphatic rings. The van der Waals surface area contributed by atoms with Gasteiger partial charge in [-0.25, -0.2) is 4.79 Å². The fourth-order valence-corrected chi connectivity index (χ4v) is 2.32. The molecule has 0 saturated carbocycles. The Morgan fingerprint density at radius 2 is 1.95 bits per heavy atom. The highest BCUT2D eigenvalue weighted by atomic mass is 35.5. The topological polar surface area (TPSA) is 46.5 Å². The second kappa shape index (κ2) is 7.20. The molecular formula is C16H13ClO3S. The van der Waals surface area contributed by atoms with Gasteiger partial charge in [0.1, 0.15) is 5.75 Å². The minimum Gasteiger partial charge on any atom is -0.478 e. The maximum atomic E-state index is 10.6. The lowest BCUT2D eigenvalue weighted by Crippen LogP contribution is -1.90. The predicted molar refractivity (Wildman–Crippen MR) is 86.4 cm³/mol. The molecule has 2 rings (SSSR count). The van der Waals surface area contributed by atoms with Crippen molar-refractivity contribution in [3.8, 4) is 11.5 Å². The summed E-state index contributed by atoms with van der Waals surface area (Å²) in [5.41, 5.74) is 0.610. The van der Waals surface area contributed by atoms with Crippen molar-refractivity contribution >= 4 is 35.4 Å². The number of benzene rings is 2. The summed E-state index contributed by atoms with van der Waals surface area (Å²) < 4.78 is 5.79. The van der Waals surface area contributed by atoms with Gasteiger partial charge in [-0.3, -0.25) is 0 Å². The summed E-state index contributed by atoms with van der Waals surface area (Å²) in [5.74, 6) is 0.0599. The van der Waals surface area contributed by atoms with E-state index in [1.807, 2.05) is 30.5 Å². The molecule has 108 valence electrons. The van der Waals surface area contributed by atoms with Gasteiger partial charge in [0.2, 0.25) is 0 Å². The Hall–Kier alpha value is -1.91. The summed E-state index contributed by atoms with van der Waals surface area (Å²) in [6.07, 6.45) is 4.51. The summed E-state index contributed by atoms with van der Waals surface area (Å²) in [5, 5.41) is 9.15. The van der Waals surface area contributed by atoms with Crippen LogP contribution in [0.15, 0.2) is 53.4 Å². The maximum Gasteiger partial charge on any atom is 0.328 e. The van der Waals surface area contributed by atoms with E-state index < -0.39 is 5.97 Å². The van der Waals surface area contributed by atoms with Gasteiger partial charge in [0.25, 0.3) is 0 Å². The van der Waals surface area contributed by atoms with Gasteiger partial charge in [-0.2, -0.15) is 0 Å². The van der Waals surface area contributed by atoms with Crippen LogP contribution in [0.4, 0.5) is 0 Å². The van der Waals surface area contributed by atoms with Crippen molar-refractivity contribution < 1.29 is 14.6 Å². The number of hydrogen-bond acceptors (Lipinski definition) is 3. The van der Waals surface area contributed by atoms with E-state index in [1.54, 1.807) is 30.0 Å². The lowest BCUT2D eigenvalue weighted by atomic mass is 10.2. The standard InChI is InChI=1S/C16H13ClO3S/c1-21-13-8-6-12(7-9-13)20-16-11(5-10-15(18)19)3-2-4-14(16)17/h2-10H,1H3,(H,18,19)/b10-5+. The zero-order valence-electron chi connectivity index (χ0n) is 11.2. The molecule has 0 atom stereocenters. The van der Waals surface area contributed by atoms with Crippen LogP contribution in [0.25, 0.3) is 6.08 Å². The molecule has 1 N–H and O–H groups in total. The van der Waals surface area contributed by atoms with E-state index in [-0.39, 0.29) is 0 Å². The molecule has 0 saturated heterocycles. The van der Waals surface area contributed by atoms with Crippen molar-refractivity contribution in [3.05, 3.63) is 59.1 Å². The van der Waals surface area contributed by atoms with Gasteiger partial charge in [-0.1, -0.05) is 23.7 Å². The zero-order chi connectivity index (χ0) is 15.2. The lowest BCUT2D eigenvalue weighted by Gasteiger charge is -2.11. The first-order valence-corrected chi connectivity index (χ1v) is 7.72. The van der Waals surface area contributed by atoms with E-state index in [4.69, 9.17) is 21.4 Å². The third kappa shape index (κ3) is 4.28. The Morgan fingerprint density at radius 1 is 1.24 bits per heavy atom. The molecule has 0 amide bonds. The van der Waals surface area contributed by atoms with Crippen LogP contribution in [-0.4, -0.2) is 17.3 Å². The second-order valence-corrected chi connectivity index (χ2v) is 5.39. The fraction of sp³-hybridized carbons (Fsp3) is 0.0625. The first-order chi connectivity index (χ1) is 10.1. The molecule has 0 radical (unpaired) electrons. The molecule has 0 spiro atoms. The lowest BCUT2D eigenvalue weighted by molar-refractivity contribution is -0.131. The number of hydrogen-bond donors (Lipinski definition) is 1. The number of rotatable bonds is 5. The monoisotopic (exact) mass is 320 g/mol. The first kappa shape index (κ1) is 15.5. The van der Waals surface area contributed by atoms with Crippen LogP contribution in [0.3, 0.4) is 0 Å². The van der Waals surface area contributed by atoms with Crippen molar-refractivity contribution in [2.24, 2.45) is 0 Å². The van der Waals surface area contributed by atoms with Gasteiger partial charge in [-0.15, -0.1) is 11.8 Å². The maximum absolute atomic E-state index is 10.6. The molecule has 0 aliphatic heterocycles. The quantitative estimate of drug-likeness (QED) is 0.625. The van der Waals surface area contributed by atoms with Crippen molar-refractivity contribution in [3.63, 3.8) is 0 Å². The number of carbonyl (C=O) groups is 1. The van der Waals surface area contributed by atoms with Crippen LogP contribution in [0.1, 0.15) is 5.56 Å². The summed E-state index contributed by atoms with van der Waals surface area (Å²) >= 11 is 7.79. The average Bonchev–Trinajstić information content (AvgIpc) is 2.48. The molecule has 0 aliphatic carbocycles. The van der Waals surface area contributed by atoms with Crippen molar-refractivity contribution in [1.29, 1.82) is 0 Å². The molecule has 2 aromatic rings. The highest BCUT2D eigenvalue weighted by Gasteiger charge is 2.08. The van der Waals surface area contributed by atoms with Gasteiger partial charge in [0.15, 0.2) is 5.75 Å². The molecule has 0 fully saturated rings. The van der Waals surface area contributed by atoms with E-state index in [0.717, 1.165) is 11.0 Å². The first-order valence-electron chi connectivity index (χ1n) is 6.11. The fourth-order valence-electron chi connectivity index (χ4n) is 1.69. The molecule has 0 bridgehead atoms. The normalized spacial score (nSPS) is 10.8. The minimum absolute atomic E-state index is 0.427. The third-order valence-corrected chi connectivity index (χ3v) is 3.72. The summed E-state index contributed by atoms with van der Waals surface area (Å²) in [6.45, 7) is 0. The van der Waals surface area contributed by atoms with Gasteiger partial charge >= 0.3 is 5.97 Å². The largest absolute Gasteiger partial charge is 0.478 e. The number of carboxylic acids is 1. The van der Waals surface area contributed by atoms with Crippen LogP contribution in [0.2, 0.25) is 5.02 Å². The minimum atomic E-state index is -1.02. The van der Waals surface area contributed by atoms with Crippen LogP contribution in [0, 0.1) is 0 Å². The Bertz CT molecular complexity index is 666. The summed E-state index contributed by atoms with van der Waals surface area (Å²) in [6, 6.07) is 12.8. The molecule has 5 heteroatoms. The third-order valence-electron chi connectivity index (χ3n) is 2.68. The SMILES string of the molecule is CSc1ccc(Oc2c(Cl)cccc2/C=C/C(=O)O)cc1. The molecule has 0 heterocycles. The predicted octanol–water partition coefficient (Wildman–Crippen LogP) is 4.95. The number of para-hydroxylation sites is 1. The van der Waals surface area contributed by atoms with Crippen LogP contribution < -0.4 is 4.74 Å². The highest BCUT2D eigenvalue weighted by Crippen LogP contribution is 2.34. The Kier molecular flexibility index (Phi) is 5.31. The van der Waals surface area contributed by atoms with E-state index in [1.165, 1.54) is 6.08 Å². The zero-order valence-corrected chi connectivity index (χ0v) is 12.8. The van der Waals surface area contributed by atoms with Crippen LogP contribution in [-0.2, 0) is 4.79 Å². The number of halogens is 1. The van der Waals surface area contributed by atoms with Gasteiger partial charge in [0, 0.05) is 16.5 Å². The average molecular weight is 321 g/mol. The molecule has 3 nitrogen and oxygen atoms in total. The van der Waals surface area contributed by atoms with E-state index in [2.05, 4.69) is 0 Å². The summed E-state index contributed by atoms with van der Waals surface area (Å²) in [4.78, 5) is 11.8. The highest BCUT2D eigenvalue weighted by molar-refractivity contribution is 7.98. The van der Waals surface area contributed by atoms with Crippen molar-refractivity contribution in [2.75, 3.05) is 6.26 Å². The molecule has 2 aromatic carbocycles. The number of aliphatic carboxylic acids is 1. The van der Waals surface area contributed by atoms with Crippen molar-refractivity contribution in [2.45, 2.75) is 4.90 Å². The second-order valence-electron chi connectivity index (χ2n) is 4.11. The number of thioether (sulfide) groups is 1. The van der Waals surface area contributed by atoms with E-state index in [0.29, 0.717) is 22.1 Å². The summed E-state index contributed by atoms with van der Waals surface area (Å²) in [7, 11) is 0. The molecule has 21 heavy (non-hydrogen) atoms.